The van der Waals surface area contributed by atoms with Crippen LogP contribution in [-0.2, 0) is 14.9 Å². The minimum atomic E-state index is -0.247. The van der Waals surface area contributed by atoms with E-state index in [-0.39, 0.29) is 35.0 Å². The van der Waals surface area contributed by atoms with Crippen molar-refractivity contribution in [2.75, 3.05) is 47.1 Å². The van der Waals surface area contributed by atoms with Gasteiger partial charge in [-0.05, 0) is 51.3 Å². The summed E-state index contributed by atoms with van der Waals surface area (Å²) in [5.41, 5.74) is 1.09. The molecule has 28 heavy (non-hydrogen) atoms. The molecule has 0 aliphatic carbocycles. The number of guanidine groups is 1. The van der Waals surface area contributed by atoms with Crippen LogP contribution in [0, 0.1) is 0 Å². The second kappa shape index (κ2) is 11.8. The molecule has 1 fully saturated rings. The Morgan fingerprint density at radius 2 is 1.82 bits per heavy atom. The molecule has 0 atom stereocenters. The lowest BCUT2D eigenvalue weighted by Gasteiger charge is -2.38. The number of rotatable bonds is 8. The van der Waals surface area contributed by atoms with E-state index in [2.05, 4.69) is 39.9 Å². The van der Waals surface area contributed by atoms with Crippen LogP contribution in [0.3, 0.4) is 0 Å². The van der Waals surface area contributed by atoms with Crippen LogP contribution in [0.5, 0.6) is 5.75 Å². The van der Waals surface area contributed by atoms with Gasteiger partial charge in [0, 0.05) is 45.9 Å². The number of nitrogens with zero attached hydrogens (tertiary/aromatic N) is 1. The van der Waals surface area contributed by atoms with Gasteiger partial charge in [0.2, 0.25) is 0 Å². The van der Waals surface area contributed by atoms with Crippen LogP contribution < -0.4 is 15.4 Å². The van der Waals surface area contributed by atoms with Crippen LogP contribution in [0.4, 0.5) is 0 Å². The van der Waals surface area contributed by atoms with Crippen molar-refractivity contribution in [1.82, 2.24) is 10.6 Å². The van der Waals surface area contributed by atoms with Crippen molar-refractivity contribution in [1.29, 1.82) is 0 Å². The molecule has 1 aliphatic rings. The van der Waals surface area contributed by atoms with Crippen molar-refractivity contribution in [2.45, 2.75) is 44.6 Å². The number of hydrogen-bond acceptors (Lipinski definition) is 4. The number of halogens is 1. The fraction of sp³-hybridized carbons (Fsp3) is 0.667. The molecule has 0 aromatic heterocycles. The smallest absolute Gasteiger partial charge is 0.191 e. The van der Waals surface area contributed by atoms with Crippen molar-refractivity contribution in [2.24, 2.45) is 4.99 Å². The number of methoxy groups -OCH3 is 1. The topological polar surface area (TPSA) is 64.1 Å². The maximum absolute atomic E-state index is 5.63. The van der Waals surface area contributed by atoms with Gasteiger partial charge in [-0.3, -0.25) is 4.99 Å². The van der Waals surface area contributed by atoms with Crippen LogP contribution in [-0.4, -0.2) is 58.6 Å². The molecule has 1 aromatic rings. The summed E-state index contributed by atoms with van der Waals surface area (Å²) in [6.07, 6.45) is 1.96. The quantitative estimate of drug-likeness (QED) is 0.323. The molecule has 7 heteroatoms. The van der Waals surface area contributed by atoms with Gasteiger partial charge in [-0.1, -0.05) is 12.1 Å². The Morgan fingerprint density at radius 3 is 2.36 bits per heavy atom. The third-order valence-electron chi connectivity index (χ3n) is 5.28. The minimum Gasteiger partial charge on any atom is -0.494 e. The molecule has 2 rings (SSSR count). The van der Waals surface area contributed by atoms with Gasteiger partial charge in [0.1, 0.15) is 5.75 Å². The van der Waals surface area contributed by atoms with E-state index in [0.29, 0.717) is 13.2 Å². The standard InChI is InChI=1S/C21H35N3O3.HI/c1-6-27-18-9-7-17(8-10-18)21(11-13-26-14-12-21)16-24-19(22-4)23-15-20(2,3)25-5;/h7-10H,6,11-16H2,1-5H3,(H2,22,23,24);1H. The van der Waals surface area contributed by atoms with Crippen LogP contribution >= 0.6 is 24.0 Å². The second-order valence-electron chi connectivity index (χ2n) is 7.59. The number of benzene rings is 1. The first kappa shape index (κ1) is 25.0. The Labute approximate surface area is 186 Å². The van der Waals surface area contributed by atoms with E-state index >= 15 is 0 Å². The van der Waals surface area contributed by atoms with Gasteiger partial charge in [-0.2, -0.15) is 0 Å². The van der Waals surface area contributed by atoms with Gasteiger partial charge in [-0.15, -0.1) is 24.0 Å². The maximum atomic E-state index is 5.63. The van der Waals surface area contributed by atoms with Gasteiger partial charge in [0.25, 0.3) is 0 Å². The largest absolute Gasteiger partial charge is 0.494 e. The maximum Gasteiger partial charge on any atom is 0.191 e. The molecule has 0 radical (unpaired) electrons. The summed E-state index contributed by atoms with van der Waals surface area (Å²) in [6, 6.07) is 8.49. The minimum absolute atomic E-state index is 0. The number of nitrogens with one attached hydrogen (secondary N) is 2. The predicted molar refractivity (Wildman–Crippen MR) is 125 cm³/mol. The zero-order chi connectivity index (χ0) is 19.8. The fourth-order valence-corrected chi connectivity index (χ4v) is 3.24. The normalized spacial score (nSPS) is 16.8. The molecule has 0 spiro atoms. The molecule has 1 aliphatic heterocycles. The first-order chi connectivity index (χ1) is 12.9. The summed E-state index contributed by atoms with van der Waals surface area (Å²) in [5, 5.41) is 6.87. The third-order valence-corrected chi connectivity index (χ3v) is 5.28. The van der Waals surface area contributed by atoms with Crippen molar-refractivity contribution in [3.05, 3.63) is 29.8 Å². The van der Waals surface area contributed by atoms with E-state index in [1.54, 1.807) is 14.2 Å². The molecule has 0 bridgehead atoms. The Bertz CT molecular complexity index is 599. The number of ether oxygens (including phenoxy) is 3. The lowest BCUT2D eigenvalue weighted by atomic mass is 9.74. The third kappa shape index (κ3) is 7.08. The molecule has 1 aromatic carbocycles. The lowest BCUT2D eigenvalue weighted by Crippen LogP contribution is -2.50. The summed E-state index contributed by atoms with van der Waals surface area (Å²) in [7, 11) is 3.52. The van der Waals surface area contributed by atoms with Crippen LogP contribution in [0.1, 0.15) is 39.2 Å². The zero-order valence-electron chi connectivity index (χ0n) is 17.8. The second-order valence-corrected chi connectivity index (χ2v) is 7.59. The molecule has 0 unspecified atom stereocenters. The number of aliphatic imine (C=N–C) groups is 1. The summed E-state index contributed by atoms with van der Waals surface area (Å²) in [4.78, 5) is 4.36. The van der Waals surface area contributed by atoms with E-state index in [9.17, 15) is 0 Å². The van der Waals surface area contributed by atoms with Gasteiger partial charge < -0.3 is 24.8 Å². The molecular weight excluding hydrogens is 469 g/mol. The number of hydrogen-bond donors (Lipinski definition) is 2. The highest BCUT2D eigenvalue weighted by molar-refractivity contribution is 14.0. The van der Waals surface area contributed by atoms with E-state index in [1.165, 1.54) is 5.56 Å². The van der Waals surface area contributed by atoms with E-state index in [4.69, 9.17) is 14.2 Å². The van der Waals surface area contributed by atoms with E-state index < -0.39 is 0 Å². The molecule has 1 heterocycles. The monoisotopic (exact) mass is 505 g/mol. The van der Waals surface area contributed by atoms with Gasteiger partial charge in [0.05, 0.1) is 12.2 Å². The van der Waals surface area contributed by atoms with Crippen LogP contribution in [0.2, 0.25) is 0 Å². The van der Waals surface area contributed by atoms with Crippen molar-refractivity contribution in [3.8, 4) is 5.75 Å². The van der Waals surface area contributed by atoms with Crippen molar-refractivity contribution in [3.63, 3.8) is 0 Å². The summed E-state index contributed by atoms with van der Waals surface area (Å²) >= 11 is 0. The van der Waals surface area contributed by atoms with Crippen molar-refractivity contribution >= 4 is 29.9 Å². The summed E-state index contributed by atoms with van der Waals surface area (Å²) < 4.78 is 16.7. The van der Waals surface area contributed by atoms with Gasteiger partial charge in [-0.25, -0.2) is 0 Å². The predicted octanol–water partition coefficient (Wildman–Crippen LogP) is 3.34. The summed E-state index contributed by atoms with van der Waals surface area (Å²) in [6.45, 7) is 9.82. The molecule has 2 N–H and O–H groups in total. The Hall–Kier alpha value is -1.06. The van der Waals surface area contributed by atoms with Gasteiger partial charge in [0.15, 0.2) is 5.96 Å². The molecule has 1 saturated heterocycles. The average Bonchev–Trinajstić information content (AvgIpc) is 2.69. The van der Waals surface area contributed by atoms with Gasteiger partial charge >= 0.3 is 0 Å². The molecular formula is C21H36IN3O3. The van der Waals surface area contributed by atoms with Crippen LogP contribution in [0.25, 0.3) is 0 Å². The Kier molecular flexibility index (Phi) is 10.5. The molecule has 0 amide bonds. The Morgan fingerprint density at radius 1 is 1.18 bits per heavy atom. The Balaban J connectivity index is 0.00000392. The molecule has 6 nitrogen and oxygen atoms in total. The fourth-order valence-electron chi connectivity index (χ4n) is 3.24. The average molecular weight is 505 g/mol. The molecule has 160 valence electrons. The highest BCUT2D eigenvalue weighted by Gasteiger charge is 2.34. The van der Waals surface area contributed by atoms with Crippen molar-refractivity contribution < 1.29 is 14.2 Å². The SMILES string of the molecule is CCOc1ccc(C2(CNC(=NC)NCC(C)(C)OC)CCOCC2)cc1.I. The van der Waals surface area contributed by atoms with E-state index in [0.717, 1.165) is 44.3 Å². The highest BCUT2D eigenvalue weighted by atomic mass is 127. The molecule has 0 saturated carbocycles. The summed E-state index contributed by atoms with van der Waals surface area (Å²) in [5.74, 6) is 1.70. The first-order valence-electron chi connectivity index (χ1n) is 9.75. The highest BCUT2D eigenvalue weighted by Crippen LogP contribution is 2.35. The first-order valence-corrected chi connectivity index (χ1v) is 9.75. The van der Waals surface area contributed by atoms with E-state index in [1.807, 2.05) is 20.8 Å². The van der Waals surface area contributed by atoms with Crippen LogP contribution in [0.15, 0.2) is 29.3 Å². The lowest BCUT2D eigenvalue weighted by molar-refractivity contribution is 0.0267. The zero-order valence-corrected chi connectivity index (χ0v) is 20.2.